The quantitative estimate of drug-likeness (QED) is 0.305. The summed E-state index contributed by atoms with van der Waals surface area (Å²) in [6.07, 6.45) is 2.01. The summed E-state index contributed by atoms with van der Waals surface area (Å²) in [7, 11) is 0. The van der Waals surface area contributed by atoms with E-state index in [0.29, 0.717) is 5.56 Å². The fourth-order valence-corrected chi connectivity index (χ4v) is 1.48. The van der Waals surface area contributed by atoms with Crippen molar-refractivity contribution >= 4 is 12.1 Å². The van der Waals surface area contributed by atoms with Crippen LogP contribution in [0.1, 0.15) is 24.2 Å². The van der Waals surface area contributed by atoms with E-state index in [4.69, 9.17) is 14.7 Å². The number of amides is 1. The smallest absolute Gasteiger partial charge is 0.431 e. The average Bonchev–Trinajstić information content (AvgIpc) is 2.49. The normalized spacial score (nSPS) is 10.0. The van der Waals surface area contributed by atoms with E-state index in [2.05, 4.69) is 10.2 Å². The zero-order valence-electron chi connectivity index (χ0n) is 12.8. The maximum atomic E-state index is 11.9. The van der Waals surface area contributed by atoms with Crippen molar-refractivity contribution in [1.29, 1.82) is 0 Å². The lowest BCUT2D eigenvalue weighted by Crippen LogP contribution is -2.38. The number of carbonyl (C=O) groups is 2. The van der Waals surface area contributed by atoms with E-state index < -0.39 is 17.1 Å². The van der Waals surface area contributed by atoms with E-state index in [1.165, 1.54) is 10.8 Å². The highest BCUT2D eigenvalue weighted by Crippen LogP contribution is 1.96. The molecular formula is C13H19N3O7+2. The second kappa shape index (κ2) is 9.18. The van der Waals surface area contributed by atoms with Crippen LogP contribution >= 0.6 is 0 Å². The highest BCUT2D eigenvalue weighted by atomic mass is 16.9. The predicted octanol–water partition coefficient (Wildman–Crippen LogP) is 0.323. The summed E-state index contributed by atoms with van der Waals surface area (Å²) >= 11 is 0. The molecule has 1 aromatic rings. The van der Waals surface area contributed by atoms with Crippen LogP contribution in [-0.2, 0) is 21.0 Å². The maximum absolute atomic E-state index is 11.9. The first-order valence-corrected chi connectivity index (χ1v) is 6.78. The fourth-order valence-electron chi connectivity index (χ4n) is 1.48. The number of nitrogens with one attached hydrogen (secondary N) is 1. The summed E-state index contributed by atoms with van der Waals surface area (Å²) in [5.74, 6) is -0.414. The summed E-state index contributed by atoms with van der Waals surface area (Å²) in [6, 6.07) is 3.17. The number of carbonyl (C=O) groups excluding carboxylic acids is 2. The van der Waals surface area contributed by atoms with Crippen LogP contribution in [0.3, 0.4) is 0 Å². The molecule has 0 saturated carbocycles. The van der Waals surface area contributed by atoms with Crippen LogP contribution in [0.15, 0.2) is 24.5 Å². The zero-order chi connectivity index (χ0) is 17.2. The second-order valence-electron chi connectivity index (χ2n) is 4.62. The Morgan fingerprint density at radius 3 is 2.83 bits per heavy atom. The average molecular weight is 329 g/mol. The molecule has 23 heavy (non-hydrogen) atoms. The van der Waals surface area contributed by atoms with Gasteiger partial charge in [-0.25, -0.2) is 10.0 Å². The van der Waals surface area contributed by atoms with Crippen LogP contribution < -0.4 is 9.88 Å². The van der Waals surface area contributed by atoms with E-state index >= 15 is 0 Å². The van der Waals surface area contributed by atoms with Crippen molar-refractivity contribution in [2.24, 2.45) is 0 Å². The third-order valence-electron chi connectivity index (χ3n) is 2.37. The molecule has 0 saturated heterocycles. The molecule has 0 aromatic carbocycles. The Morgan fingerprint density at radius 2 is 2.17 bits per heavy atom. The summed E-state index contributed by atoms with van der Waals surface area (Å²) in [4.78, 5) is 37.4. The highest BCUT2D eigenvalue weighted by molar-refractivity contribution is 5.93. The molecule has 0 bridgehead atoms. The number of pyridine rings is 1. The number of rotatable bonds is 8. The van der Waals surface area contributed by atoms with Gasteiger partial charge in [-0.05, 0) is 19.9 Å². The molecule has 0 radical (unpaired) electrons. The van der Waals surface area contributed by atoms with E-state index in [1.54, 1.807) is 32.2 Å². The summed E-state index contributed by atoms with van der Waals surface area (Å²) < 4.78 is 11.2. The highest BCUT2D eigenvalue weighted by Gasteiger charge is 2.14. The van der Waals surface area contributed by atoms with Crippen LogP contribution in [0.2, 0.25) is 0 Å². The first-order valence-electron chi connectivity index (χ1n) is 6.78. The topological polar surface area (TPSA) is 118 Å². The molecule has 0 unspecified atom stereocenters. The van der Waals surface area contributed by atoms with Gasteiger partial charge in [-0.3, -0.25) is 4.79 Å². The van der Waals surface area contributed by atoms with Crippen molar-refractivity contribution in [3.05, 3.63) is 35.0 Å². The molecule has 1 amide bonds. The number of ether oxygens (including phenoxy) is 2. The minimum atomic E-state index is -0.800. The molecular weight excluding hydrogens is 310 g/mol. The third-order valence-corrected chi connectivity index (χ3v) is 2.37. The van der Waals surface area contributed by atoms with Gasteiger partial charge >= 0.3 is 11.2 Å². The number of nitrogens with zero attached hydrogens (tertiary/aromatic N) is 2. The standard InChI is InChI=1S/C13H18N3O7/c1-10(2)23-13(18)21-9-15-6-3-4-11(8-15)12(17)14-5-7-22-16(19)20/h3-4,6,8,10H,5,7,9H2,1-2H3,(H-,14,17,19,20)/q+1/p+1. The molecule has 0 fully saturated rings. The molecule has 0 aliphatic carbocycles. The Hall–Kier alpha value is -2.91. The Kier molecular flexibility index (Phi) is 7.24. The van der Waals surface area contributed by atoms with E-state index in [0.717, 1.165) is 0 Å². The van der Waals surface area contributed by atoms with Gasteiger partial charge in [0.05, 0.1) is 12.6 Å². The lowest BCUT2D eigenvalue weighted by Gasteiger charge is -2.06. The van der Waals surface area contributed by atoms with Gasteiger partial charge in [0.25, 0.3) is 12.6 Å². The van der Waals surface area contributed by atoms with Crippen LogP contribution in [-0.4, -0.2) is 41.6 Å². The molecule has 1 aromatic heterocycles. The lowest BCUT2D eigenvalue weighted by atomic mass is 10.2. The Labute approximate surface area is 132 Å². The van der Waals surface area contributed by atoms with Crippen molar-refractivity contribution in [2.75, 3.05) is 13.2 Å². The number of aromatic nitrogens is 1. The molecule has 126 valence electrons. The number of hydrogen-bond acceptors (Lipinski definition) is 6. The maximum Gasteiger partial charge on any atom is 0.513 e. The second-order valence-corrected chi connectivity index (χ2v) is 4.62. The molecule has 2 N–H and O–H groups in total. The van der Waals surface area contributed by atoms with Gasteiger partial charge in [0, 0.05) is 6.07 Å². The summed E-state index contributed by atoms with van der Waals surface area (Å²) in [6.45, 7) is 3.15. The van der Waals surface area contributed by atoms with Gasteiger partial charge < -0.3 is 14.8 Å². The molecule has 10 nitrogen and oxygen atoms in total. The molecule has 10 heteroatoms. The third kappa shape index (κ3) is 7.60. The first kappa shape index (κ1) is 18.1. The van der Waals surface area contributed by atoms with Crippen LogP contribution in [0, 0.1) is 4.91 Å². The molecule has 1 rings (SSSR count). The van der Waals surface area contributed by atoms with E-state index in [1.807, 2.05) is 0 Å². The molecule has 0 aliphatic rings. The largest absolute Gasteiger partial charge is 0.513 e. The zero-order valence-corrected chi connectivity index (χ0v) is 12.8. The van der Waals surface area contributed by atoms with Crippen LogP contribution in [0.4, 0.5) is 4.79 Å². The predicted molar refractivity (Wildman–Crippen MR) is 73.0 cm³/mol. The Morgan fingerprint density at radius 1 is 1.43 bits per heavy atom. The summed E-state index contributed by atoms with van der Waals surface area (Å²) in [5, 5.41) is 10.0. The summed E-state index contributed by atoms with van der Waals surface area (Å²) in [5.41, 5.74) is 0.316. The molecule has 0 aliphatic heterocycles. The van der Waals surface area contributed by atoms with Crippen molar-refractivity contribution in [2.45, 2.75) is 26.7 Å². The van der Waals surface area contributed by atoms with E-state index in [9.17, 15) is 14.5 Å². The molecule has 0 atom stereocenters. The van der Waals surface area contributed by atoms with Gasteiger partial charge in [0.1, 0.15) is 10.5 Å². The van der Waals surface area contributed by atoms with Gasteiger partial charge in [0.15, 0.2) is 19.0 Å². The molecule has 0 spiro atoms. The van der Waals surface area contributed by atoms with Gasteiger partial charge in [-0.2, -0.15) is 9.40 Å². The van der Waals surface area contributed by atoms with Gasteiger partial charge in [0.2, 0.25) is 0 Å². The first-order chi connectivity index (χ1) is 10.9. The van der Waals surface area contributed by atoms with Crippen molar-refractivity contribution in [3.63, 3.8) is 0 Å². The fraction of sp³-hybridized carbons (Fsp3) is 0.462. The number of hydrogen-bond donors (Lipinski definition) is 2. The van der Waals surface area contributed by atoms with Crippen LogP contribution in [0.25, 0.3) is 0 Å². The van der Waals surface area contributed by atoms with Gasteiger partial charge in [-0.15, -0.1) is 0 Å². The minimum Gasteiger partial charge on any atom is -0.431 e. The monoisotopic (exact) mass is 329 g/mol. The minimum absolute atomic E-state index is 0.0320. The Bertz CT molecular complexity index is 562. The van der Waals surface area contributed by atoms with Crippen LogP contribution in [0.5, 0.6) is 0 Å². The van der Waals surface area contributed by atoms with Crippen molar-refractivity contribution < 1.29 is 38.8 Å². The lowest BCUT2D eigenvalue weighted by molar-refractivity contribution is -0.975. The molecule has 1 heterocycles. The van der Waals surface area contributed by atoms with Crippen molar-refractivity contribution in [1.82, 2.24) is 5.32 Å². The van der Waals surface area contributed by atoms with E-state index in [-0.39, 0.29) is 26.0 Å². The van der Waals surface area contributed by atoms with Gasteiger partial charge in [-0.1, -0.05) is 0 Å². The Balaban J connectivity index is 2.47. The SMILES string of the molecule is CC(C)OC(=O)OC[n+]1cccc(C(=O)NCCO[N+](=O)O)c1. The van der Waals surface area contributed by atoms with Crippen molar-refractivity contribution in [3.8, 4) is 0 Å².